The molecule has 1 unspecified atom stereocenters. The second-order valence-electron chi connectivity index (χ2n) is 7.92. The molecule has 6 nitrogen and oxygen atoms in total. The standard InChI is InChI=1S/C24H26Cl2N4O2/c1-16-24(17(2)30(28-16)19-6-4-3-5-7-19)27-23(31)10-11-29-12-13-32-22(15-29)18-8-9-20(25)21(26)14-18/h3-9,14,22H,10-13,15H2,1-2H3,(H,27,31). The highest BCUT2D eigenvalue weighted by molar-refractivity contribution is 6.42. The summed E-state index contributed by atoms with van der Waals surface area (Å²) in [5, 5.41) is 8.70. The van der Waals surface area contributed by atoms with Gasteiger partial charge in [-0.2, -0.15) is 5.10 Å². The molecule has 2 heterocycles. The Hall–Kier alpha value is -2.38. The maximum Gasteiger partial charge on any atom is 0.225 e. The number of benzene rings is 2. The zero-order valence-electron chi connectivity index (χ0n) is 18.1. The zero-order valence-corrected chi connectivity index (χ0v) is 19.7. The third-order valence-electron chi connectivity index (χ3n) is 5.68. The van der Waals surface area contributed by atoms with Gasteiger partial charge in [-0.05, 0) is 43.7 Å². The van der Waals surface area contributed by atoms with Crippen molar-refractivity contribution in [1.29, 1.82) is 0 Å². The van der Waals surface area contributed by atoms with Crippen LogP contribution >= 0.6 is 23.2 Å². The van der Waals surface area contributed by atoms with Crippen LogP contribution in [0.2, 0.25) is 10.0 Å². The fourth-order valence-electron chi connectivity index (χ4n) is 3.93. The number of ether oxygens (including phenoxy) is 1. The fourth-order valence-corrected chi connectivity index (χ4v) is 4.23. The molecule has 1 fully saturated rings. The molecule has 32 heavy (non-hydrogen) atoms. The van der Waals surface area contributed by atoms with Crippen molar-refractivity contribution in [3.63, 3.8) is 0 Å². The van der Waals surface area contributed by atoms with Gasteiger partial charge in [0.05, 0.1) is 45.5 Å². The molecular weight excluding hydrogens is 447 g/mol. The molecule has 0 radical (unpaired) electrons. The first-order valence-electron chi connectivity index (χ1n) is 10.6. The van der Waals surface area contributed by atoms with Crippen LogP contribution in [0, 0.1) is 13.8 Å². The summed E-state index contributed by atoms with van der Waals surface area (Å²) >= 11 is 12.2. The molecule has 2 aromatic carbocycles. The number of morpholine rings is 1. The molecule has 0 aliphatic carbocycles. The number of hydrogen-bond donors (Lipinski definition) is 1. The molecule has 0 bridgehead atoms. The van der Waals surface area contributed by atoms with Gasteiger partial charge >= 0.3 is 0 Å². The number of aromatic nitrogens is 2. The maximum atomic E-state index is 12.7. The number of hydrogen-bond acceptors (Lipinski definition) is 4. The number of halogens is 2. The van der Waals surface area contributed by atoms with Crippen molar-refractivity contribution in [2.24, 2.45) is 0 Å². The highest BCUT2D eigenvalue weighted by atomic mass is 35.5. The van der Waals surface area contributed by atoms with Crippen molar-refractivity contribution >= 4 is 34.8 Å². The molecule has 168 valence electrons. The number of anilines is 1. The van der Waals surface area contributed by atoms with Gasteiger partial charge in [-0.3, -0.25) is 9.69 Å². The summed E-state index contributed by atoms with van der Waals surface area (Å²) in [7, 11) is 0. The van der Waals surface area contributed by atoms with Gasteiger partial charge in [0.2, 0.25) is 5.91 Å². The number of rotatable bonds is 6. The van der Waals surface area contributed by atoms with Gasteiger partial charge < -0.3 is 10.1 Å². The van der Waals surface area contributed by atoms with Crippen LogP contribution in [0.4, 0.5) is 5.69 Å². The highest BCUT2D eigenvalue weighted by Crippen LogP contribution is 2.29. The Morgan fingerprint density at radius 3 is 2.69 bits per heavy atom. The van der Waals surface area contributed by atoms with Crippen molar-refractivity contribution in [2.75, 3.05) is 31.6 Å². The van der Waals surface area contributed by atoms with Gasteiger partial charge in [-0.25, -0.2) is 4.68 Å². The SMILES string of the molecule is Cc1nn(-c2ccccc2)c(C)c1NC(=O)CCN1CCOC(c2ccc(Cl)c(Cl)c2)C1. The second-order valence-corrected chi connectivity index (χ2v) is 8.74. The van der Waals surface area contributed by atoms with Gasteiger partial charge in [0.15, 0.2) is 0 Å². The smallest absolute Gasteiger partial charge is 0.225 e. The topological polar surface area (TPSA) is 59.4 Å². The number of para-hydroxylation sites is 1. The van der Waals surface area contributed by atoms with E-state index in [1.807, 2.05) is 61.0 Å². The van der Waals surface area contributed by atoms with Gasteiger partial charge in [0, 0.05) is 26.1 Å². The van der Waals surface area contributed by atoms with Crippen LogP contribution in [0.1, 0.15) is 29.5 Å². The largest absolute Gasteiger partial charge is 0.371 e. The van der Waals surface area contributed by atoms with E-state index in [-0.39, 0.29) is 12.0 Å². The summed E-state index contributed by atoms with van der Waals surface area (Å²) in [5.41, 5.74) is 4.44. The summed E-state index contributed by atoms with van der Waals surface area (Å²) < 4.78 is 7.77. The molecule has 0 saturated carbocycles. The molecule has 1 aromatic heterocycles. The van der Waals surface area contributed by atoms with E-state index in [1.165, 1.54) is 0 Å². The molecule has 4 rings (SSSR count). The quantitative estimate of drug-likeness (QED) is 0.535. The number of aryl methyl sites for hydroxylation is 1. The minimum absolute atomic E-state index is 0.0265. The molecule has 1 amide bonds. The Labute approximate surface area is 198 Å². The van der Waals surface area contributed by atoms with E-state index >= 15 is 0 Å². The van der Waals surface area contributed by atoms with Gasteiger partial charge in [-0.15, -0.1) is 0 Å². The Kier molecular flexibility index (Phi) is 7.16. The lowest BCUT2D eigenvalue weighted by Gasteiger charge is -2.33. The molecule has 1 saturated heterocycles. The Balaban J connectivity index is 1.35. The first-order chi connectivity index (χ1) is 15.4. The summed E-state index contributed by atoms with van der Waals surface area (Å²) in [6.07, 6.45) is 0.305. The minimum Gasteiger partial charge on any atom is -0.371 e. The fraction of sp³-hybridized carbons (Fsp3) is 0.333. The van der Waals surface area contributed by atoms with E-state index in [0.717, 1.165) is 34.9 Å². The molecule has 3 aromatic rings. The van der Waals surface area contributed by atoms with Crippen molar-refractivity contribution in [3.05, 3.63) is 75.5 Å². The monoisotopic (exact) mass is 472 g/mol. The van der Waals surface area contributed by atoms with Crippen molar-refractivity contribution < 1.29 is 9.53 Å². The van der Waals surface area contributed by atoms with E-state index in [2.05, 4.69) is 15.3 Å². The highest BCUT2D eigenvalue weighted by Gasteiger charge is 2.23. The average molecular weight is 473 g/mol. The summed E-state index contributed by atoms with van der Waals surface area (Å²) in [5.74, 6) is -0.0265. The van der Waals surface area contributed by atoms with Crippen LogP contribution in [-0.4, -0.2) is 46.8 Å². The van der Waals surface area contributed by atoms with Gasteiger partial charge in [0.1, 0.15) is 0 Å². The Morgan fingerprint density at radius 1 is 1.16 bits per heavy atom. The number of amides is 1. The number of nitrogens with zero attached hydrogens (tertiary/aromatic N) is 3. The van der Waals surface area contributed by atoms with Gasteiger partial charge in [0.25, 0.3) is 0 Å². The summed E-state index contributed by atoms with van der Waals surface area (Å²) in [4.78, 5) is 14.9. The van der Waals surface area contributed by atoms with Gasteiger partial charge in [-0.1, -0.05) is 47.5 Å². The Bertz CT molecular complexity index is 1100. The maximum absolute atomic E-state index is 12.7. The van der Waals surface area contributed by atoms with Crippen molar-refractivity contribution in [3.8, 4) is 5.69 Å². The van der Waals surface area contributed by atoms with Crippen molar-refractivity contribution in [1.82, 2.24) is 14.7 Å². The zero-order chi connectivity index (χ0) is 22.7. The molecule has 0 spiro atoms. The Morgan fingerprint density at radius 2 is 1.94 bits per heavy atom. The van der Waals surface area contributed by atoms with Crippen LogP contribution in [0.25, 0.3) is 5.69 Å². The van der Waals surface area contributed by atoms with Crippen LogP contribution in [0.15, 0.2) is 48.5 Å². The van der Waals surface area contributed by atoms with Crippen LogP contribution < -0.4 is 5.32 Å². The van der Waals surface area contributed by atoms with E-state index in [0.29, 0.717) is 36.2 Å². The summed E-state index contributed by atoms with van der Waals surface area (Å²) in [6, 6.07) is 15.5. The average Bonchev–Trinajstić information content (AvgIpc) is 3.08. The lowest BCUT2D eigenvalue weighted by Crippen LogP contribution is -2.39. The molecule has 8 heteroatoms. The molecule has 1 aliphatic rings. The third kappa shape index (κ3) is 5.15. The molecule has 1 aliphatic heterocycles. The molecule has 1 atom stereocenters. The first-order valence-corrected chi connectivity index (χ1v) is 11.4. The predicted molar refractivity (Wildman–Crippen MR) is 128 cm³/mol. The predicted octanol–water partition coefficient (Wildman–Crippen LogP) is 5.20. The lowest BCUT2D eigenvalue weighted by atomic mass is 10.1. The van der Waals surface area contributed by atoms with Crippen molar-refractivity contribution in [2.45, 2.75) is 26.4 Å². The number of carbonyl (C=O) groups excluding carboxylic acids is 1. The molecule has 1 N–H and O–H groups in total. The normalized spacial score (nSPS) is 16.8. The number of nitrogens with one attached hydrogen (secondary N) is 1. The van der Waals surface area contributed by atoms with Crippen LogP contribution in [0.5, 0.6) is 0 Å². The minimum atomic E-state index is -0.0878. The van der Waals surface area contributed by atoms with E-state index in [1.54, 1.807) is 6.07 Å². The van der Waals surface area contributed by atoms with E-state index in [9.17, 15) is 4.79 Å². The first kappa shape index (κ1) is 22.8. The van der Waals surface area contributed by atoms with E-state index in [4.69, 9.17) is 27.9 Å². The van der Waals surface area contributed by atoms with Crippen LogP contribution in [0.3, 0.4) is 0 Å². The summed E-state index contributed by atoms with van der Waals surface area (Å²) in [6.45, 7) is 6.62. The third-order valence-corrected chi connectivity index (χ3v) is 6.42. The van der Waals surface area contributed by atoms with E-state index < -0.39 is 0 Å². The second kappa shape index (κ2) is 10.0. The molecular formula is C24H26Cl2N4O2. The lowest BCUT2D eigenvalue weighted by molar-refractivity contribution is -0.117. The van der Waals surface area contributed by atoms with Crippen LogP contribution in [-0.2, 0) is 9.53 Å². The number of carbonyl (C=O) groups is 1.